The summed E-state index contributed by atoms with van der Waals surface area (Å²) in [6.07, 6.45) is 2.87. The molecule has 0 aromatic heterocycles. The summed E-state index contributed by atoms with van der Waals surface area (Å²) in [5.74, 6) is -0.0919. The minimum absolute atomic E-state index is 0.0369. The predicted molar refractivity (Wildman–Crippen MR) is 67.0 cm³/mol. The zero-order valence-electron chi connectivity index (χ0n) is 11.1. The fourth-order valence-electron chi connectivity index (χ4n) is 2.77. The highest BCUT2D eigenvalue weighted by molar-refractivity contribution is 6.05. The number of hydrogen-bond donors (Lipinski definition) is 1. The van der Waals surface area contributed by atoms with Crippen LogP contribution in [0.5, 0.6) is 0 Å². The van der Waals surface area contributed by atoms with Gasteiger partial charge in [0.15, 0.2) is 0 Å². The van der Waals surface area contributed by atoms with Crippen LogP contribution in [0.4, 0.5) is 0 Å². The second-order valence-corrected chi connectivity index (χ2v) is 5.06. The number of amides is 2. The third-order valence-electron chi connectivity index (χ3n) is 3.86. The van der Waals surface area contributed by atoms with E-state index in [9.17, 15) is 9.59 Å². The van der Waals surface area contributed by atoms with Crippen molar-refractivity contribution in [3.8, 4) is 0 Å². The molecule has 2 heterocycles. The standard InChI is InChI=1S/C13H22N2O3/c1-3-10(4-2)15-12(16)7-11(13(15)17)14-9-5-6-18-8-9/h9-11,14H,3-8H2,1-2H3. The molecule has 2 saturated heterocycles. The Labute approximate surface area is 108 Å². The van der Waals surface area contributed by atoms with Gasteiger partial charge in [0.1, 0.15) is 0 Å². The van der Waals surface area contributed by atoms with Gasteiger partial charge >= 0.3 is 0 Å². The fourth-order valence-corrected chi connectivity index (χ4v) is 2.77. The summed E-state index contributed by atoms with van der Waals surface area (Å²) in [5.41, 5.74) is 0. The Morgan fingerprint density at radius 3 is 2.67 bits per heavy atom. The van der Waals surface area contributed by atoms with Crippen LogP contribution in [0.3, 0.4) is 0 Å². The number of likely N-dealkylation sites (tertiary alicyclic amines) is 1. The van der Waals surface area contributed by atoms with Gasteiger partial charge in [-0.2, -0.15) is 0 Å². The molecule has 0 spiro atoms. The minimum Gasteiger partial charge on any atom is -0.380 e. The second kappa shape index (κ2) is 5.80. The second-order valence-electron chi connectivity index (χ2n) is 5.06. The molecule has 2 fully saturated rings. The normalized spacial score (nSPS) is 28.7. The fraction of sp³-hybridized carbons (Fsp3) is 0.846. The summed E-state index contributed by atoms with van der Waals surface area (Å²) < 4.78 is 5.27. The highest BCUT2D eigenvalue weighted by atomic mass is 16.5. The van der Waals surface area contributed by atoms with Crippen LogP contribution in [0.1, 0.15) is 39.5 Å². The Balaban J connectivity index is 1.99. The lowest BCUT2D eigenvalue weighted by molar-refractivity contribution is -0.141. The Morgan fingerprint density at radius 1 is 1.39 bits per heavy atom. The van der Waals surface area contributed by atoms with Crippen LogP contribution in [0.2, 0.25) is 0 Å². The van der Waals surface area contributed by atoms with Crippen LogP contribution < -0.4 is 5.32 Å². The first-order valence-corrected chi connectivity index (χ1v) is 6.87. The van der Waals surface area contributed by atoms with E-state index in [1.54, 1.807) is 0 Å². The van der Waals surface area contributed by atoms with E-state index < -0.39 is 0 Å². The number of carbonyl (C=O) groups is 2. The number of rotatable bonds is 5. The Hall–Kier alpha value is -0.940. The average Bonchev–Trinajstić information content (AvgIpc) is 2.94. The van der Waals surface area contributed by atoms with Gasteiger partial charge in [-0.1, -0.05) is 13.8 Å². The van der Waals surface area contributed by atoms with Gasteiger partial charge in [0.25, 0.3) is 0 Å². The molecule has 0 bridgehead atoms. The summed E-state index contributed by atoms with van der Waals surface area (Å²) in [6, 6.07) is -0.0742. The summed E-state index contributed by atoms with van der Waals surface area (Å²) in [6.45, 7) is 5.41. The van der Waals surface area contributed by atoms with E-state index in [1.807, 2.05) is 13.8 Å². The topological polar surface area (TPSA) is 58.6 Å². The van der Waals surface area contributed by atoms with Crippen LogP contribution in [0.15, 0.2) is 0 Å². The Morgan fingerprint density at radius 2 is 2.11 bits per heavy atom. The molecule has 1 N–H and O–H groups in total. The van der Waals surface area contributed by atoms with E-state index in [1.165, 1.54) is 4.90 Å². The molecule has 18 heavy (non-hydrogen) atoms. The van der Waals surface area contributed by atoms with E-state index in [0.29, 0.717) is 13.0 Å². The first kappa shape index (κ1) is 13.5. The molecule has 2 atom stereocenters. The van der Waals surface area contributed by atoms with Crippen molar-refractivity contribution in [2.24, 2.45) is 0 Å². The first-order chi connectivity index (χ1) is 8.67. The Bertz CT molecular complexity index is 322. The third kappa shape index (κ3) is 2.57. The monoisotopic (exact) mass is 254 g/mol. The molecule has 5 heteroatoms. The lowest BCUT2D eigenvalue weighted by Gasteiger charge is -2.24. The van der Waals surface area contributed by atoms with Crippen LogP contribution in [0.25, 0.3) is 0 Å². The van der Waals surface area contributed by atoms with Gasteiger partial charge in [-0.15, -0.1) is 0 Å². The van der Waals surface area contributed by atoms with Crippen molar-refractivity contribution in [3.05, 3.63) is 0 Å². The molecular weight excluding hydrogens is 232 g/mol. The van der Waals surface area contributed by atoms with Gasteiger partial charge < -0.3 is 10.1 Å². The maximum absolute atomic E-state index is 12.3. The molecule has 102 valence electrons. The van der Waals surface area contributed by atoms with Crippen molar-refractivity contribution in [2.75, 3.05) is 13.2 Å². The summed E-state index contributed by atoms with van der Waals surface area (Å²) in [7, 11) is 0. The summed E-state index contributed by atoms with van der Waals surface area (Å²) in [4.78, 5) is 25.7. The number of ether oxygens (including phenoxy) is 1. The summed E-state index contributed by atoms with van der Waals surface area (Å²) in [5, 5.41) is 3.25. The van der Waals surface area contributed by atoms with E-state index in [0.717, 1.165) is 25.9 Å². The van der Waals surface area contributed by atoms with Crippen LogP contribution in [-0.4, -0.2) is 48.1 Å². The lowest BCUT2D eigenvalue weighted by atomic mass is 10.1. The molecule has 2 rings (SSSR count). The van der Waals surface area contributed by atoms with Crippen molar-refractivity contribution < 1.29 is 14.3 Å². The minimum atomic E-state index is -0.343. The zero-order valence-corrected chi connectivity index (χ0v) is 11.1. The molecular formula is C13H22N2O3. The van der Waals surface area contributed by atoms with Crippen molar-refractivity contribution in [3.63, 3.8) is 0 Å². The predicted octanol–water partition coefficient (Wildman–Crippen LogP) is 0.681. The van der Waals surface area contributed by atoms with Gasteiger partial charge in [-0.05, 0) is 19.3 Å². The molecule has 0 saturated carbocycles. The summed E-state index contributed by atoms with van der Waals surface area (Å²) >= 11 is 0. The smallest absolute Gasteiger partial charge is 0.247 e. The maximum atomic E-state index is 12.3. The first-order valence-electron chi connectivity index (χ1n) is 6.87. The molecule has 0 aromatic carbocycles. The van der Waals surface area contributed by atoms with Crippen molar-refractivity contribution in [2.45, 2.75) is 57.7 Å². The average molecular weight is 254 g/mol. The number of imide groups is 1. The quantitative estimate of drug-likeness (QED) is 0.733. The molecule has 2 unspecified atom stereocenters. The van der Waals surface area contributed by atoms with E-state index in [-0.39, 0.29) is 29.9 Å². The highest BCUT2D eigenvalue weighted by Crippen LogP contribution is 2.21. The zero-order chi connectivity index (χ0) is 13.1. The van der Waals surface area contributed by atoms with Gasteiger partial charge in [0, 0.05) is 18.7 Å². The maximum Gasteiger partial charge on any atom is 0.247 e. The van der Waals surface area contributed by atoms with E-state index >= 15 is 0 Å². The molecule has 5 nitrogen and oxygen atoms in total. The largest absolute Gasteiger partial charge is 0.380 e. The third-order valence-corrected chi connectivity index (χ3v) is 3.86. The van der Waals surface area contributed by atoms with Crippen molar-refractivity contribution >= 4 is 11.8 Å². The molecule has 2 aliphatic rings. The molecule has 2 aliphatic heterocycles. The molecule has 2 amide bonds. The SMILES string of the molecule is CCC(CC)N1C(=O)CC(NC2CCOC2)C1=O. The number of nitrogens with one attached hydrogen (secondary N) is 1. The van der Waals surface area contributed by atoms with Crippen molar-refractivity contribution in [1.29, 1.82) is 0 Å². The molecule has 0 aromatic rings. The van der Waals surface area contributed by atoms with E-state index in [2.05, 4.69) is 5.32 Å². The lowest BCUT2D eigenvalue weighted by Crippen LogP contribution is -2.46. The van der Waals surface area contributed by atoms with Crippen LogP contribution >= 0.6 is 0 Å². The van der Waals surface area contributed by atoms with Gasteiger partial charge in [-0.25, -0.2) is 0 Å². The van der Waals surface area contributed by atoms with Crippen LogP contribution in [-0.2, 0) is 14.3 Å². The van der Waals surface area contributed by atoms with Gasteiger partial charge in [0.2, 0.25) is 11.8 Å². The van der Waals surface area contributed by atoms with Crippen LogP contribution in [0, 0.1) is 0 Å². The molecule has 0 radical (unpaired) electrons. The number of hydrogen-bond acceptors (Lipinski definition) is 4. The van der Waals surface area contributed by atoms with Gasteiger partial charge in [0.05, 0.1) is 19.1 Å². The highest BCUT2D eigenvalue weighted by Gasteiger charge is 2.42. The van der Waals surface area contributed by atoms with Gasteiger partial charge in [-0.3, -0.25) is 14.5 Å². The van der Waals surface area contributed by atoms with E-state index in [4.69, 9.17) is 4.74 Å². The Kier molecular flexibility index (Phi) is 4.35. The number of carbonyl (C=O) groups excluding carboxylic acids is 2. The number of nitrogens with zero attached hydrogens (tertiary/aromatic N) is 1. The van der Waals surface area contributed by atoms with Crippen molar-refractivity contribution in [1.82, 2.24) is 10.2 Å². The molecule has 0 aliphatic carbocycles.